The summed E-state index contributed by atoms with van der Waals surface area (Å²) in [5.41, 5.74) is 2.47. The fraction of sp³-hybridized carbons (Fsp3) is 0.438. The minimum absolute atomic E-state index is 0.465. The zero-order chi connectivity index (χ0) is 14.7. The van der Waals surface area contributed by atoms with Crippen LogP contribution in [0.4, 0.5) is 5.95 Å². The molecule has 0 aliphatic carbocycles. The Labute approximate surface area is 125 Å². The summed E-state index contributed by atoms with van der Waals surface area (Å²) in [5, 5.41) is 0. The van der Waals surface area contributed by atoms with Gasteiger partial charge in [-0.1, -0.05) is 6.07 Å². The van der Waals surface area contributed by atoms with E-state index in [2.05, 4.69) is 25.9 Å². The zero-order valence-electron chi connectivity index (χ0n) is 12.6. The Morgan fingerprint density at radius 3 is 2.71 bits per heavy atom. The summed E-state index contributed by atoms with van der Waals surface area (Å²) < 4.78 is 0. The third kappa shape index (κ3) is 3.19. The van der Waals surface area contributed by atoms with Crippen molar-refractivity contribution in [3.8, 4) is 0 Å². The van der Waals surface area contributed by atoms with E-state index in [-0.39, 0.29) is 0 Å². The van der Waals surface area contributed by atoms with Gasteiger partial charge in [0.05, 0.1) is 0 Å². The first-order valence-electron chi connectivity index (χ1n) is 7.36. The van der Waals surface area contributed by atoms with Gasteiger partial charge in [-0.3, -0.25) is 9.88 Å². The molecule has 0 N–H and O–H groups in total. The Balaban J connectivity index is 1.71. The van der Waals surface area contributed by atoms with Gasteiger partial charge in [0.1, 0.15) is 0 Å². The highest BCUT2D eigenvalue weighted by atomic mass is 15.2. The Kier molecular flexibility index (Phi) is 4.10. The molecule has 0 aromatic carbocycles. The number of aromatic nitrogens is 3. The second kappa shape index (κ2) is 6.18. The largest absolute Gasteiger partial charge is 0.347 e. The van der Waals surface area contributed by atoms with Crippen LogP contribution in [0.15, 0.2) is 36.9 Å². The van der Waals surface area contributed by atoms with Crippen LogP contribution in [0.25, 0.3) is 0 Å². The first-order valence-corrected chi connectivity index (χ1v) is 7.36. The molecule has 2 aromatic rings. The van der Waals surface area contributed by atoms with E-state index in [4.69, 9.17) is 0 Å². The van der Waals surface area contributed by atoms with E-state index >= 15 is 0 Å². The molecule has 5 nitrogen and oxygen atoms in total. The molecule has 0 radical (unpaired) electrons. The maximum absolute atomic E-state index is 4.39. The van der Waals surface area contributed by atoms with E-state index in [1.54, 1.807) is 0 Å². The van der Waals surface area contributed by atoms with E-state index in [1.165, 1.54) is 18.4 Å². The highest BCUT2D eigenvalue weighted by molar-refractivity contribution is 5.26. The maximum Gasteiger partial charge on any atom is 0.224 e. The minimum Gasteiger partial charge on any atom is -0.347 e. The standard InChI is InChI=1S/C16H21N5/c1-20(2)16-18-9-13(10-19-16)12-21-8-4-6-15(21)14-5-3-7-17-11-14/h3,5,7,9-11,15H,4,6,8,12H2,1-2H3. The van der Waals surface area contributed by atoms with Gasteiger partial charge in [0.25, 0.3) is 0 Å². The van der Waals surface area contributed by atoms with Crippen molar-refractivity contribution in [1.29, 1.82) is 0 Å². The lowest BCUT2D eigenvalue weighted by atomic mass is 10.1. The predicted octanol–water partition coefficient (Wildman–Crippen LogP) is 2.27. The van der Waals surface area contributed by atoms with E-state index in [9.17, 15) is 0 Å². The highest BCUT2D eigenvalue weighted by Crippen LogP contribution is 2.32. The molecule has 1 aliphatic rings. The average Bonchev–Trinajstić information content (AvgIpc) is 2.97. The molecule has 21 heavy (non-hydrogen) atoms. The Hall–Kier alpha value is -2.01. The molecule has 1 atom stereocenters. The van der Waals surface area contributed by atoms with Crippen molar-refractivity contribution < 1.29 is 0 Å². The zero-order valence-corrected chi connectivity index (χ0v) is 12.6. The smallest absolute Gasteiger partial charge is 0.224 e. The van der Waals surface area contributed by atoms with Crippen molar-refractivity contribution in [1.82, 2.24) is 19.9 Å². The second-order valence-electron chi connectivity index (χ2n) is 5.70. The van der Waals surface area contributed by atoms with Crippen LogP contribution in [0.2, 0.25) is 0 Å². The van der Waals surface area contributed by atoms with Crippen molar-refractivity contribution >= 4 is 5.95 Å². The van der Waals surface area contributed by atoms with Gasteiger partial charge >= 0.3 is 0 Å². The third-order valence-electron chi connectivity index (χ3n) is 3.91. The third-order valence-corrected chi connectivity index (χ3v) is 3.91. The predicted molar refractivity (Wildman–Crippen MR) is 83.0 cm³/mol. The summed E-state index contributed by atoms with van der Waals surface area (Å²) in [7, 11) is 3.90. The molecule has 1 fully saturated rings. The SMILES string of the molecule is CN(C)c1ncc(CN2CCCC2c2cccnc2)cn1. The number of hydrogen-bond donors (Lipinski definition) is 0. The summed E-state index contributed by atoms with van der Waals surface area (Å²) in [6.07, 6.45) is 10.1. The maximum atomic E-state index is 4.39. The topological polar surface area (TPSA) is 45.2 Å². The van der Waals surface area contributed by atoms with Gasteiger partial charge in [-0.2, -0.15) is 0 Å². The number of pyridine rings is 1. The fourth-order valence-corrected chi connectivity index (χ4v) is 2.86. The van der Waals surface area contributed by atoms with Crippen molar-refractivity contribution in [3.63, 3.8) is 0 Å². The molecule has 0 saturated carbocycles. The van der Waals surface area contributed by atoms with Gasteiger partial charge in [0, 0.05) is 57.0 Å². The molecule has 0 bridgehead atoms. The minimum atomic E-state index is 0.465. The van der Waals surface area contributed by atoms with E-state index in [1.807, 2.05) is 49.8 Å². The molecule has 1 saturated heterocycles. The summed E-state index contributed by atoms with van der Waals surface area (Å²) in [5.74, 6) is 0.754. The normalized spacial score (nSPS) is 18.9. The van der Waals surface area contributed by atoms with Gasteiger partial charge in [-0.05, 0) is 31.0 Å². The van der Waals surface area contributed by atoms with Crippen molar-refractivity contribution in [2.24, 2.45) is 0 Å². The van der Waals surface area contributed by atoms with Crippen LogP contribution in [0.5, 0.6) is 0 Å². The molecule has 110 valence electrons. The lowest BCUT2D eigenvalue weighted by molar-refractivity contribution is 0.247. The van der Waals surface area contributed by atoms with Gasteiger partial charge in [0.2, 0.25) is 5.95 Å². The Bertz CT molecular complexity index is 567. The molecule has 1 aliphatic heterocycles. The van der Waals surface area contributed by atoms with Crippen LogP contribution in [0, 0.1) is 0 Å². The number of nitrogens with zero attached hydrogens (tertiary/aromatic N) is 5. The Morgan fingerprint density at radius 1 is 1.24 bits per heavy atom. The Morgan fingerprint density at radius 2 is 2.05 bits per heavy atom. The summed E-state index contributed by atoms with van der Waals surface area (Å²) in [6.45, 7) is 2.02. The van der Waals surface area contributed by atoms with E-state index in [0.29, 0.717) is 6.04 Å². The van der Waals surface area contributed by atoms with Crippen LogP contribution in [-0.2, 0) is 6.54 Å². The van der Waals surface area contributed by atoms with Crippen LogP contribution in [-0.4, -0.2) is 40.5 Å². The van der Waals surface area contributed by atoms with Crippen molar-refractivity contribution in [3.05, 3.63) is 48.0 Å². The molecule has 2 aromatic heterocycles. The van der Waals surface area contributed by atoms with Crippen LogP contribution < -0.4 is 4.90 Å². The first kappa shape index (κ1) is 13.9. The molecule has 3 heterocycles. The lowest BCUT2D eigenvalue weighted by Gasteiger charge is -2.24. The van der Waals surface area contributed by atoms with Gasteiger partial charge in [-0.25, -0.2) is 9.97 Å². The highest BCUT2D eigenvalue weighted by Gasteiger charge is 2.26. The summed E-state index contributed by atoms with van der Waals surface area (Å²) >= 11 is 0. The van der Waals surface area contributed by atoms with Crippen LogP contribution in [0.3, 0.4) is 0 Å². The van der Waals surface area contributed by atoms with Crippen LogP contribution >= 0.6 is 0 Å². The van der Waals surface area contributed by atoms with Crippen molar-refractivity contribution in [2.45, 2.75) is 25.4 Å². The number of rotatable bonds is 4. The second-order valence-corrected chi connectivity index (χ2v) is 5.70. The number of anilines is 1. The monoisotopic (exact) mass is 283 g/mol. The van der Waals surface area contributed by atoms with E-state index < -0.39 is 0 Å². The van der Waals surface area contributed by atoms with Crippen molar-refractivity contribution in [2.75, 3.05) is 25.5 Å². The lowest BCUT2D eigenvalue weighted by Crippen LogP contribution is -2.23. The van der Waals surface area contributed by atoms with E-state index in [0.717, 1.165) is 24.6 Å². The number of likely N-dealkylation sites (tertiary alicyclic amines) is 1. The fourth-order valence-electron chi connectivity index (χ4n) is 2.86. The number of hydrogen-bond acceptors (Lipinski definition) is 5. The van der Waals surface area contributed by atoms with Crippen LogP contribution in [0.1, 0.15) is 30.0 Å². The van der Waals surface area contributed by atoms with Gasteiger partial charge < -0.3 is 4.90 Å². The molecule has 5 heteroatoms. The first-order chi connectivity index (χ1) is 10.2. The van der Waals surface area contributed by atoms with Gasteiger partial charge in [-0.15, -0.1) is 0 Å². The molecule has 0 spiro atoms. The molecular formula is C16H21N5. The molecule has 3 rings (SSSR count). The van der Waals surface area contributed by atoms with Gasteiger partial charge in [0.15, 0.2) is 0 Å². The summed E-state index contributed by atoms with van der Waals surface area (Å²) in [4.78, 5) is 17.4. The molecular weight excluding hydrogens is 262 g/mol. The summed E-state index contributed by atoms with van der Waals surface area (Å²) in [6, 6.07) is 4.65. The molecule has 0 amide bonds. The average molecular weight is 283 g/mol. The quantitative estimate of drug-likeness (QED) is 0.861. The molecule has 1 unspecified atom stereocenters.